The van der Waals surface area contributed by atoms with Crippen molar-refractivity contribution in [2.24, 2.45) is 0 Å². The minimum absolute atomic E-state index is 0.0573. The molecule has 3 heterocycles. The van der Waals surface area contributed by atoms with Crippen LogP contribution in [0, 0.1) is 0 Å². The summed E-state index contributed by atoms with van der Waals surface area (Å²) in [5.41, 5.74) is 4.96. The lowest BCUT2D eigenvalue weighted by molar-refractivity contribution is -0.116. The molecular formula is C32H42N4O3. The minimum Gasteiger partial charge on any atom is -0.381 e. The van der Waals surface area contributed by atoms with Crippen molar-refractivity contribution in [3.8, 4) is 0 Å². The number of aromatic nitrogens is 1. The zero-order valence-corrected chi connectivity index (χ0v) is 23.2. The molecule has 0 bridgehead atoms. The van der Waals surface area contributed by atoms with Gasteiger partial charge in [0.25, 0.3) is 5.91 Å². The van der Waals surface area contributed by atoms with Gasteiger partial charge in [-0.25, -0.2) is 0 Å². The van der Waals surface area contributed by atoms with Gasteiger partial charge in [0.05, 0.1) is 0 Å². The number of hydrogen-bond acceptors (Lipinski definition) is 4. The number of hydrogen-bond donors (Lipinski definition) is 2. The van der Waals surface area contributed by atoms with Crippen molar-refractivity contribution >= 4 is 28.4 Å². The average molecular weight is 531 g/mol. The highest BCUT2D eigenvalue weighted by atomic mass is 16.5. The molecule has 0 atom stereocenters. The van der Waals surface area contributed by atoms with Crippen molar-refractivity contribution in [3.63, 3.8) is 0 Å². The predicted octanol–water partition coefficient (Wildman–Crippen LogP) is 5.44. The fourth-order valence-corrected chi connectivity index (χ4v) is 6.09. The third kappa shape index (κ3) is 6.89. The van der Waals surface area contributed by atoms with E-state index in [4.69, 9.17) is 4.74 Å². The van der Waals surface area contributed by atoms with Gasteiger partial charge in [0.15, 0.2) is 0 Å². The normalized spacial score (nSPS) is 18.2. The van der Waals surface area contributed by atoms with E-state index in [1.807, 2.05) is 41.4 Å². The molecule has 2 N–H and O–H groups in total. The summed E-state index contributed by atoms with van der Waals surface area (Å²) in [6.07, 6.45) is 10.6. The third-order valence-electron chi connectivity index (χ3n) is 8.28. The standard InChI is InChI=1S/C32H42N4O3/c1-24(37)36-18-8-4-2-3-7-17-35(28-14-19-39-20-15-28)23-27-21-25(11-12-31(27)36)32(38)33-16-13-26-22-34-30-10-6-5-9-29(26)30/h5-6,9-12,21-22,28,34H,2-4,7-8,13-20,23H2,1H3,(H,33,38). The fourth-order valence-electron chi connectivity index (χ4n) is 6.09. The molecule has 1 aromatic heterocycles. The second kappa shape index (κ2) is 13.3. The Kier molecular flexibility index (Phi) is 9.32. The van der Waals surface area contributed by atoms with Gasteiger partial charge < -0.3 is 19.9 Å². The Morgan fingerprint density at radius 3 is 2.59 bits per heavy atom. The minimum atomic E-state index is -0.0734. The lowest BCUT2D eigenvalue weighted by Crippen LogP contribution is -2.40. The van der Waals surface area contributed by atoms with Crippen molar-refractivity contribution in [3.05, 3.63) is 65.4 Å². The maximum atomic E-state index is 13.3. The summed E-state index contributed by atoms with van der Waals surface area (Å²) in [4.78, 5) is 33.8. The number of benzene rings is 2. The molecule has 2 aliphatic heterocycles. The maximum Gasteiger partial charge on any atom is 0.251 e. The van der Waals surface area contributed by atoms with Crippen molar-refractivity contribution < 1.29 is 14.3 Å². The van der Waals surface area contributed by atoms with E-state index in [0.29, 0.717) is 18.2 Å². The van der Waals surface area contributed by atoms with Gasteiger partial charge >= 0.3 is 0 Å². The molecule has 0 unspecified atom stereocenters. The molecule has 0 aliphatic carbocycles. The molecule has 0 radical (unpaired) electrons. The summed E-state index contributed by atoms with van der Waals surface area (Å²) >= 11 is 0. The van der Waals surface area contributed by atoms with Crippen molar-refractivity contribution in [2.45, 2.75) is 70.9 Å². The predicted molar refractivity (Wildman–Crippen MR) is 156 cm³/mol. The highest BCUT2D eigenvalue weighted by Gasteiger charge is 2.25. The molecule has 7 heteroatoms. The van der Waals surface area contributed by atoms with Gasteiger partial charge in [0.2, 0.25) is 5.91 Å². The first-order chi connectivity index (χ1) is 19.1. The van der Waals surface area contributed by atoms with Gasteiger partial charge in [-0.2, -0.15) is 0 Å². The number of carbonyl (C=O) groups is 2. The fraction of sp³-hybridized carbons (Fsp3) is 0.500. The summed E-state index contributed by atoms with van der Waals surface area (Å²) < 4.78 is 5.65. The molecule has 1 fully saturated rings. The van der Waals surface area contributed by atoms with Crippen LogP contribution in [-0.2, 0) is 22.5 Å². The molecule has 2 aliphatic rings. The Morgan fingerprint density at radius 2 is 1.77 bits per heavy atom. The van der Waals surface area contributed by atoms with E-state index in [1.54, 1.807) is 6.92 Å². The number of nitrogens with one attached hydrogen (secondary N) is 2. The smallest absolute Gasteiger partial charge is 0.251 e. The number of carbonyl (C=O) groups excluding carboxylic acids is 2. The van der Waals surface area contributed by atoms with Crippen molar-refractivity contribution in [1.82, 2.24) is 15.2 Å². The van der Waals surface area contributed by atoms with E-state index in [1.165, 1.54) is 30.2 Å². The summed E-state index contributed by atoms with van der Waals surface area (Å²) in [6, 6.07) is 14.6. The van der Waals surface area contributed by atoms with E-state index < -0.39 is 0 Å². The topological polar surface area (TPSA) is 77.7 Å². The van der Waals surface area contributed by atoms with Crippen LogP contribution in [0.3, 0.4) is 0 Å². The Balaban J connectivity index is 1.36. The average Bonchev–Trinajstić information content (AvgIpc) is 3.36. The van der Waals surface area contributed by atoms with E-state index in [9.17, 15) is 9.59 Å². The van der Waals surface area contributed by atoms with Crippen LogP contribution < -0.4 is 10.2 Å². The van der Waals surface area contributed by atoms with Gasteiger partial charge in [-0.3, -0.25) is 14.5 Å². The van der Waals surface area contributed by atoms with Gasteiger partial charge in [-0.1, -0.05) is 37.5 Å². The number of ether oxygens (including phenoxy) is 1. The van der Waals surface area contributed by atoms with Crippen LogP contribution in [0.1, 0.15) is 73.4 Å². The molecule has 208 valence electrons. The van der Waals surface area contributed by atoms with Crippen LogP contribution >= 0.6 is 0 Å². The maximum absolute atomic E-state index is 13.3. The van der Waals surface area contributed by atoms with Crippen LogP contribution in [0.2, 0.25) is 0 Å². The number of H-pyrrole nitrogens is 1. The molecule has 39 heavy (non-hydrogen) atoms. The summed E-state index contributed by atoms with van der Waals surface area (Å²) in [7, 11) is 0. The first kappa shape index (κ1) is 27.4. The van der Waals surface area contributed by atoms with E-state index in [-0.39, 0.29) is 11.8 Å². The molecule has 0 saturated carbocycles. The molecule has 1 saturated heterocycles. The van der Waals surface area contributed by atoms with Gasteiger partial charge in [-0.05, 0) is 74.0 Å². The number of rotatable bonds is 5. The number of nitrogens with zero attached hydrogens (tertiary/aromatic N) is 2. The SMILES string of the molecule is CC(=O)N1CCCCCCCN(C2CCOCC2)Cc2cc(C(=O)NCCc3c[nH]c4ccccc34)ccc21. The molecule has 5 rings (SSSR count). The highest BCUT2D eigenvalue weighted by Crippen LogP contribution is 2.28. The Morgan fingerprint density at radius 1 is 1.00 bits per heavy atom. The lowest BCUT2D eigenvalue weighted by atomic mass is 10.0. The van der Waals surface area contributed by atoms with Crippen LogP contribution in [0.4, 0.5) is 5.69 Å². The zero-order valence-electron chi connectivity index (χ0n) is 23.2. The van der Waals surface area contributed by atoms with Crippen molar-refractivity contribution in [2.75, 3.05) is 37.7 Å². The van der Waals surface area contributed by atoms with E-state index in [0.717, 1.165) is 81.7 Å². The number of anilines is 1. The number of para-hydroxylation sites is 1. The molecule has 7 nitrogen and oxygen atoms in total. The second-order valence-corrected chi connectivity index (χ2v) is 11.0. The summed E-state index contributed by atoms with van der Waals surface area (Å²) in [5.74, 6) is -0.0161. The highest BCUT2D eigenvalue weighted by molar-refractivity contribution is 5.97. The van der Waals surface area contributed by atoms with E-state index >= 15 is 0 Å². The number of aromatic amines is 1. The second-order valence-electron chi connectivity index (χ2n) is 11.0. The van der Waals surface area contributed by atoms with Gasteiger partial charge in [0, 0.05) is 74.2 Å². The number of fused-ring (bicyclic) bond motifs is 2. The van der Waals surface area contributed by atoms with Gasteiger partial charge in [0.1, 0.15) is 0 Å². The number of amides is 2. The molecule has 3 aromatic rings. The third-order valence-corrected chi connectivity index (χ3v) is 8.28. The Labute approximate surface area is 231 Å². The molecule has 2 aromatic carbocycles. The lowest BCUT2D eigenvalue weighted by Gasteiger charge is -2.36. The molecular weight excluding hydrogens is 488 g/mol. The Bertz CT molecular complexity index is 1260. The monoisotopic (exact) mass is 530 g/mol. The molecule has 0 spiro atoms. The summed E-state index contributed by atoms with van der Waals surface area (Å²) in [5, 5.41) is 4.32. The van der Waals surface area contributed by atoms with Gasteiger partial charge in [-0.15, -0.1) is 0 Å². The Hall–Kier alpha value is -3.16. The molecule has 2 amide bonds. The van der Waals surface area contributed by atoms with Crippen LogP contribution in [-0.4, -0.2) is 60.6 Å². The van der Waals surface area contributed by atoms with Crippen LogP contribution in [0.25, 0.3) is 10.9 Å². The van der Waals surface area contributed by atoms with Crippen LogP contribution in [0.5, 0.6) is 0 Å². The first-order valence-electron chi connectivity index (χ1n) is 14.7. The zero-order chi connectivity index (χ0) is 27.0. The van der Waals surface area contributed by atoms with E-state index in [2.05, 4.69) is 27.3 Å². The quantitative estimate of drug-likeness (QED) is 0.461. The largest absolute Gasteiger partial charge is 0.381 e. The van der Waals surface area contributed by atoms with Crippen LogP contribution in [0.15, 0.2) is 48.7 Å². The summed E-state index contributed by atoms with van der Waals surface area (Å²) in [6.45, 7) is 6.29. The van der Waals surface area contributed by atoms with Crippen molar-refractivity contribution in [1.29, 1.82) is 0 Å². The first-order valence-corrected chi connectivity index (χ1v) is 14.7.